The topological polar surface area (TPSA) is 60.0 Å². The number of rotatable bonds is 6. The second-order valence-corrected chi connectivity index (χ2v) is 11.2. The van der Waals surface area contributed by atoms with Crippen molar-refractivity contribution >= 4 is 5.91 Å². The van der Waals surface area contributed by atoms with E-state index in [0.29, 0.717) is 50.3 Å². The maximum Gasteiger partial charge on any atom is 0.251 e. The Labute approximate surface area is 239 Å². The van der Waals surface area contributed by atoms with E-state index < -0.39 is 0 Å². The average molecular weight is 545 g/mol. The van der Waals surface area contributed by atoms with Crippen molar-refractivity contribution in [2.24, 2.45) is 0 Å². The number of methoxy groups -OCH3 is 1. The molecule has 3 aromatic carbocycles. The van der Waals surface area contributed by atoms with Gasteiger partial charge in [-0.15, -0.1) is 0 Å². The molecule has 1 heterocycles. The molecular weight excluding hydrogens is 500 g/mol. The standard InChI is InChI=1S/C34H44N2O4/c1-23(2)31-20-30(25(5)16-33(31)38-6)21-35-34(37)28-10-11-32-29(19-28)18-26-8-7-9-27(17-26)22-36(24(3)4)12-13-39-14-15-40-32/h7-11,16-17,19-20,23-24H,12-15,18,21-22H2,1-6H3,(H,35,37). The first kappa shape index (κ1) is 29.6. The van der Waals surface area contributed by atoms with Gasteiger partial charge in [0.15, 0.2) is 0 Å². The van der Waals surface area contributed by atoms with Crippen molar-refractivity contribution < 1.29 is 19.0 Å². The Bertz CT molecular complexity index is 1300. The summed E-state index contributed by atoms with van der Waals surface area (Å²) < 4.78 is 17.6. The Morgan fingerprint density at radius 3 is 2.55 bits per heavy atom. The predicted octanol–water partition coefficient (Wildman–Crippen LogP) is 6.27. The van der Waals surface area contributed by atoms with Crippen LogP contribution in [-0.2, 0) is 24.2 Å². The van der Waals surface area contributed by atoms with Crippen LogP contribution in [-0.4, -0.2) is 50.3 Å². The molecular formula is C34H44N2O4. The summed E-state index contributed by atoms with van der Waals surface area (Å²) in [5.74, 6) is 1.90. The second kappa shape index (κ2) is 13.8. The van der Waals surface area contributed by atoms with Gasteiger partial charge in [-0.3, -0.25) is 9.69 Å². The van der Waals surface area contributed by atoms with E-state index in [1.54, 1.807) is 7.11 Å². The summed E-state index contributed by atoms with van der Waals surface area (Å²) >= 11 is 0. The highest BCUT2D eigenvalue weighted by Crippen LogP contribution is 2.30. The van der Waals surface area contributed by atoms with E-state index in [9.17, 15) is 4.79 Å². The van der Waals surface area contributed by atoms with Crippen LogP contribution in [0, 0.1) is 6.92 Å². The fourth-order valence-corrected chi connectivity index (χ4v) is 5.15. The molecule has 40 heavy (non-hydrogen) atoms. The zero-order chi connectivity index (χ0) is 28.6. The van der Waals surface area contributed by atoms with Gasteiger partial charge in [0.1, 0.15) is 18.1 Å². The third-order valence-corrected chi connectivity index (χ3v) is 7.58. The van der Waals surface area contributed by atoms with E-state index in [0.717, 1.165) is 46.8 Å². The molecule has 6 heteroatoms. The molecule has 214 valence electrons. The highest BCUT2D eigenvalue weighted by atomic mass is 16.5. The maximum atomic E-state index is 13.3. The summed E-state index contributed by atoms with van der Waals surface area (Å²) in [4.78, 5) is 15.7. The van der Waals surface area contributed by atoms with Crippen LogP contribution >= 0.6 is 0 Å². The van der Waals surface area contributed by atoms with Gasteiger partial charge >= 0.3 is 0 Å². The molecule has 0 saturated heterocycles. The molecule has 6 nitrogen and oxygen atoms in total. The largest absolute Gasteiger partial charge is 0.496 e. The molecule has 3 aromatic rings. The molecule has 4 rings (SSSR count). The minimum Gasteiger partial charge on any atom is -0.496 e. The van der Waals surface area contributed by atoms with Gasteiger partial charge in [0.05, 0.1) is 20.3 Å². The van der Waals surface area contributed by atoms with Crippen LogP contribution in [0.2, 0.25) is 0 Å². The summed E-state index contributed by atoms with van der Waals surface area (Å²) in [6, 6.07) is 19.0. The van der Waals surface area contributed by atoms with Gasteiger partial charge in [-0.25, -0.2) is 0 Å². The number of amides is 1. The Morgan fingerprint density at radius 2 is 1.80 bits per heavy atom. The van der Waals surface area contributed by atoms with Crippen molar-refractivity contribution in [2.45, 2.75) is 66.1 Å². The zero-order valence-corrected chi connectivity index (χ0v) is 24.9. The lowest BCUT2D eigenvalue weighted by Gasteiger charge is -2.27. The minimum absolute atomic E-state index is 0.104. The van der Waals surface area contributed by atoms with E-state index in [2.05, 4.69) is 81.2 Å². The summed E-state index contributed by atoms with van der Waals surface area (Å²) in [5, 5.41) is 3.13. The number of aryl methyl sites for hydroxylation is 1. The summed E-state index contributed by atoms with van der Waals surface area (Å²) in [6.45, 7) is 14.7. The average Bonchev–Trinajstić information content (AvgIpc) is 2.93. The van der Waals surface area contributed by atoms with Gasteiger partial charge in [-0.2, -0.15) is 0 Å². The van der Waals surface area contributed by atoms with Crippen molar-refractivity contribution in [1.29, 1.82) is 0 Å². The molecule has 0 radical (unpaired) electrons. The number of ether oxygens (including phenoxy) is 3. The number of fused-ring (bicyclic) bond motifs is 3. The number of carbonyl (C=O) groups excluding carboxylic acids is 1. The van der Waals surface area contributed by atoms with Crippen LogP contribution in [0.4, 0.5) is 0 Å². The van der Waals surface area contributed by atoms with Crippen molar-refractivity contribution in [3.8, 4) is 11.5 Å². The lowest BCUT2D eigenvalue weighted by molar-refractivity contribution is 0.0695. The minimum atomic E-state index is -0.104. The molecule has 2 bridgehead atoms. The number of hydrogen-bond donors (Lipinski definition) is 1. The highest BCUT2D eigenvalue weighted by molar-refractivity contribution is 5.94. The van der Waals surface area contributed by atoms with Crippen LogP contribution in [0.1, 0.15) is 77.4 Å². The van der Waals surface area contributed by atoms with Crippen LogP contribution in [0.25, 0.3) is 0 Å². The number of carbonyl (C=O) groups is 1. The van der Waals surface area contributed by atoms with Crippen LogP contribution in [0.15, 0.2) is 54.6 Å². The Hall–Kier alpha value is -3.35. The summed E-state index contributed by atoms with van der Waals surface area (Å²) in [6.07, 6.45) is 0.683. The Morgan fingerprint density at radius 1 is 1.00 bits per heavy atom. The maximum absolute atomic E-state index is 13.3. The van der Waals surface area contributed by atoms with Crippen LogP contribution in [0.3, 0.4) is 0 Å². The van der Waals surface area contributed by atoms with Gasteiger partial charge < -0.3 is 19.5 Å². The Balaban J connectivity index is 1.55. The molecule has 0 saturated carbocycles. The van der Waals surface area contributed by atoms with Gasteiger partial charge in [0.25, 0.3) is 5.91 Å². The highest BCUT2D eigenvalue weighted by Gasteiger charge is 2.16. The van der Waals surface area contributed by atoms with Crippen molar-refractivity contribution in [3.05, 3.63) is 93.5 Å². The van der Waals surface area contributed by atoms with E-state index >= 15 is 0 Å². The molecule has 1 aliphatic rings. The van der Waals surface area contributed by atoms with Gasteiger partial charge in [0, 0.05) is 37.7 Å². The Kier molecular flexibility index (Phi) is 10.2. The molecule has 0 atom stereocenters. The fourth-order valence-electron chi connectivity index (χ4n) is 5.15. The zero-order valence-electron chi connectivity index (χ0n) is 24.9. The smallest absolute Gasteiger partial charge is 0.251 e. The molecule has 1 N–H and O–H groups in total. The van der Waals surface area contributed by atoms with E-state index in [1.165, 1.54) is 11.1 Å². The first-order valence-corrected chi connectivity index (χ1v) is 14.4. The van der Waals surface area contributed by atoms with Gasteiger partial charge in [0.2, 0.25) is 0 Å². The molecule has 0 spiro atoms. The molecule has 0 fully saturated rings. The van der Waals surface area contributed by atoms with Crippen molar-refractivity contribution in [3.63, 3.8) is 0 Å². The van der Waals surface area contributed by atoms with E-state index in [-0.39, 0.29) is 5.91 Å². The predicted molar refractivity (Wildman–Crippen MR) is 161 cm³/mol. The van der Waals surface area contributed by atoms with E-state index in [4.69, 9.17) is 14.2 Å². The number of benzene rings is 3. The fraction of sp³-hybridized carbons (Fsp3) is 0.441. The molecule has 1 aliphatic heterocycles. The lowest BCUT2D eigenvalue weighted by Crippen LogP contribution is -2.33. The first-order chi connectivity index (χ1) is 19.2. The molecule has 0 aromatic heterocycles. The molecule has 0 unspecified atom stereocenters. The molecule has 0 aliphatic carbocycles. The summed E-state index contributed by atoms with van der Waals surface area (Å²) in [7, 11) is 1.70. The monoisotopic (exact) mass is 544 g/mol. The van der Waals surface area contributed by atoms with Gasteiger partial charge in [-0.05, 0) is 90.4 Å². The quantitative estimate of drug-likeness (QED) is 0.397. The van der Waals surface area contributed by atoms with Crippen molar-refractivity contribution in [1.82, 2.24) is 10.2 Å². The number of nitrogens with one attached hydrogen (secondary N) is 1. The number of hydrogen-bond acceptors (Lipinski definition) is 5. The first-order valence-electron chi connectivity index (χ1n) is 14.4. The van der Waals surface area contributed by atoms with Gasteiger partial charge in [-0.1, -0.05) is 38.1 Å². The SMILES string of the molecule is COc1cc(C)c(CNC(=O)c2ccc3c(c2)Cc2cccc(c2)CN(C(C)C)CCOCCO3)cc1C(C)C. The van der Waals surface area contributed by atoms with E-state index in [1.807, 2.05) is 18.2 Å². The normalized spacial score (nSPS) is 14.8. The van der Waals surface area contributed by atoms with Crippen LogP contribution in [0.5, 0.6) is 11.5 Å². The van der Waals surface area contributed by atoms with Crippen LogP contribution < -0.4 is 14.8 Å². The lowest BCUT2D eigenvalue weighted by atomic mass is 9.96. The third-order valence-electron chi connectivity index (χ3n) is 7.58. The third kappa shape index (κ3) is 7.64. The van der Waals surface area contributed by atoms with Crippen molar-refractivity contribution in [2.75, 3.05) is 33.5 Å². The molecule has 1 amide bonds. The number of nitrogens with zero attached hydrogens (tertiary/aromatic N) is 1. The summed E-state index contributed by atoms with van der Waals surface area (Å²) in [5.41, 5.74) is 7.41. The second-order valence-electron chi connectivity index (χ2n) is 11.2.